The summed E-state index contributed by atoms with van der Waals surface area (Å²) in [7, 11) is -0.862. The van der Waals surface area contributed by atoms with Gasteiger partial charge in [0, 0.05) is 25.7 Å². The molecule has 1 rings (SSSR count). The first-order chi connectivity index (χ1) is 9.52. The topological polar surface area (TPSA) is 66.5 Å². The third kappa shape index (κ3) is 4.10. The second-order valence-corrected chi connectivity index (χ2v) is 8.20. The molecule has 1 aromatic rings. The van der Waals surface area contributed by atoms with Crippen molar-refractivity contribution in [2.75, 3.05) is 25.3 Å². The number of rotatable bonds is 5. The second kappa shape index (κ2) is 6.52. The Labute approximate surface area is 135 Å². The van der Waals surface area contributed by atoms with Crippen molar-refractivity contribution in [3.05, 3.63) is 23.2 Å². The Morgan fingerprint density at radius 2 is 1.90 bits per heavy atom. The largest absolute Gasteiger partial charge is 0.326 e. The SMILES string of the molecule is CN(C)S(=O)(=O)c1cc(NC(=O)C(C)(C)CCl)ccc1Cl. The summed E-state index contributed by atoms with van der Waals surface area (Å²) in [6, 6.07) is 4.31. The number of nitrogens with zero attached hydrogens (tertiary/aromatic N) is 1. The number of benzene rings is 1. The van der Waals surface area contributed by atoms with E-state index in [2.05, 4.69) is 5.32 Å². The molecule has 0 aromatic heterocycles. The van der Waals surface area contributed by atoms with Gasteiger partial charge in [-0.25, -0.2) is 12.7 Å². The van der Waals surface area contributed by atoms with Crippen LogP contribution in [-0.4, -0.2) is 38.6 Å². The number of sulfonamides is 1. The minimum absolute atomic E-state index is 0.0596. The first-order valence-corrected chi connectivity index (χ1v) is 8.47. The van der Waals surface area contributed by atoms with Crippen LogP contribution in [0.4, 0.5) is 5.69 Å². The molecule has 1 N–H and O–H groups in total. The van der Waals surface area contributed by atoms with Crippen molar-refractivity contribution in [3.8, 4) is 0 Å². The standard InChI is InChI=1S/C13H18Cl2N2O3S/c1-13(2,8-14)12(18)16-9-5-6-10(15)11(7-9)21(19,20)17(3)4/h5-7H,8H2,1-4H3,(H,16,18). The van der Waals surface area contributed by atoms with E-state index in [9.17, 15) is 13.2 Å². The van der Waals surface area contributed by atoms with Crippen LogP contribution in [-0.2, 0) is 14.8 Å². The van der Waals surface area contributed by atoms with Gasteiger partial charge in [0.15, 0.2) is 0 Å². The molecular weight excluding hydrogens is 335 g/mol. The highest BCUT2D eigenvalue weighted by Crippen LogP contribution is 2.28. The van der Waals surface area contributed by atoms with Crippen LogP contribution in [0.25, 0.3) is 0 Å². The van der Waals surface area contributed by atoms with E-state index in [1.807, 2.05) is 0 Å². The lowest BCUT2D eigenvalue weighted by atomic mass is 9.95. The quantitative estimate of drug-likeness (QED) is 0.828. The monoisotopic (exact) mass is 352 g/mol. The maximum absolute atomic E-state index is 12.2. The molecule has 0 radical (unpaired) electrons. The third-order valence-corrected chi connectivity index (χ3v) is 5.86. The number of alkyl halides is 1. The van der Waals surface area contributed by atoms with Crippen molar-refractivity contribution in [1.82, 2.24) is 4.31 Å². The van der Waals surface area contributed by atoms with Gasteiger partial charge in [0.1, 0.15) is 4.90 Å². The molecule has 0 saturated carbocycles. The van der Waals surface area contributed by atoms with Gasteiger partial charge in [-0.3, -0.25) is 4.79 Å². The zero-order valence-electron chi connectivity index (χ0n) is 12.3. The molecule has 0 unspecified atom stereocenters. The normalized spacial score (nSPS) is 12.5. The van der Waals surface area contributed by atoms with Crippen molar-refractivity contribution in [1.29, 1.82) is 0 Å². The van der Waals surface area contributed by atoms with Crippen LogP contribution < -0.4 is 5.32 Å². The molecule has 118 valence electrons. The Hall–Kier alpha value is -0.820. The summed E-state index contributed by atoms with van der Waals surface area (Å²) in [5.41, 5.74) is -0.412. The van der Waals surface area contributed by atoms with Gasteiger partial charge in [-0.2, -0.15) is 0 Å². The lowest BCUT2D eigenvalue weighted by Crippen LogP contribution is -2.32. The molecule has 0 aliphatic rings. The van der Waals surface area contributed by atoms with E-state index < -0.39 is 15.4 Å². The van der Waals surface area contributed by atoms with Crippen LogP contribution in [0, 0.1) is 5.41 Å². The molecule has 0 bridgehead atoms. The first-order valence-electron chi connectivity index (χ1n) is 6.12. The predicted octanol–water partition coefficient (Wildman–Crippen LogP) is 2.79. The molecule has 1 aromatic carbocycles. The number of halogens is 2. The Morgan fingerprint density at radius 1 is 1.33 bits per heavy atom. The zero-order chi connectivity index (χ0) is 16.4. The van der Waals surface area contributed by atoms with E-state index in [0.717, 1.165) is 4.31 Å². The van der Waals surface area contributed by atoms with Crippen molar-refractivity contribution >= 4 is 44.8 Å². The van der Waals surface area contributed by atoms with Gasteiger partial charge in [-0.1, -0.05) is 11.6 Å². The molecule has 0 heterocycles. The number of carbonyl (C=O) groups is 1. The van der Waals surface area contributed by atoms with E-state index in [4.69, 9.17) is 23.2 Å². The van der Waals surface area contributed by atoms with Crippen LogP contribution in [0.3, 0.4) is 0 Å². The lowest BCUT2D eigenvalue weighted by Gasteiger charge is -2.21. The highest BCUT2D eigenvalue weighted by Gasteiger charge is 2.27. The van der Waals surface area contributed by atoms with Crippen molar-refractivity contribution < 1.29 is 13.2 Å². The molecule has 0 aliphatic heterocycles. The Balaban J connectivity index is 3.18. The second-order valence-electron chi connectivity index (χ2n) is 5.40. The number of anilines is 1. The minimum Gasteiger partial charge on any atom is -0.326 e. The summed E-state index contributed by atoms with van der Waals surface area (Å²) >= 11 is 11.7. The van der Waals surface area contributed by atoms with E-state index in [0.29, 0.717) is 5.69 Å². The fourth-order valence-corrected chi connectivity index (χ4v) is 2.85. The fraction of sp³-hybridized carbons (Fsp3) is 0.462. The number of hydrogen-bond donors (Lipinski definition) is 1. The molecule has 1 amide bonds. The summed E-state index contributed by atoms with van der Waals surface area (Å²) in [5.74, 6) is -0.150. The van der Waals surface area contributed by atoms with E-state index >= 15 is 0 Å². The number of carbonyl (C=O) groups excluding carboxylic acids is 1. The molecule has 0 saturated heterocycles. The molecule has 8 heteroatoms. The third-order valence-electron chi connectivity index (χ3n) is 2.90. The maximum atomic E-state index is 12.2. The Kier molecular flexibility index (Phi) is 5.66. The summed E-state index contributed by atoms with van der Waals surface area (Å²) in [6.45, 7) is 3.39. The molecule has 5 nitrogen and oxygen atoms in total. The Bertz CT molecular complexity index is 643. The average molecular weight is 353 g/mol. The summed E-state index contributed by atoms with van der Waals surface area (Å²) < 4.78 is 25.4. The molecule has 21 heavy (non-hydrogen) atoms. The zero-order valence-corrected chi connectivity index (χ0v) is 14.6. The summed E-state index contributed by atoms with van der Waals surface area (Å²) in [6.07, 6.45) is 0. The smallest absolute Gasteiger partial charge is 0.244 e. The minimum atomic E-state index is -3.68. The highest BCUT2D eigenvalue weighted by atomic mass is 35.5. The summed E-state index contributed by atoms with van der Waals surface area (Å²) in [5, 5.41) is 2.74. The predicted molar refractivity (Wildman–Crippen MR) is 85.5 cm³/mol. The van der Waals surface area contributed by atoms with Crippen molar-refractivity contribution in [2.45, 2.75) is 18.7 Å². The van der Waals surface area contributed by atoms with Crippen LogP contribution in [0.5, 0.6) is 0 Å². The molecular formula is C13H18Cl2N2O3S. The molecule has 0 fully saturated rings. The molecule has 0 atom stereocenters. The number of nitrogens with one attached hydrogen (secondary N) is 1. The average Bonchev–Trinajstić information content (AvgIpc) is 2.40. The lowest BCUT2D eigenvalue weighted by molar-refractivity contribution is -0.122. The van der Waals surface area contributed by atoms with Crippen LogP contribution in [0.15, 0.2) is 23.1 Å². The van der Waals surface area contributed by atoms with Crippen LogP contribution >= 0.6 is 23.2 Å². The van der Waals surface area contributed by atoms with Gasteiger partial charge in [-0.15, -0.1) is 11.6 Å². The van der Waals surface area contributed by atoms with Gasteiger partial charge < -0.3 is 5.32 Å². The number of hydrogen-bond acceptors (Lipinski definition) is 3. The first kappa shape index (κ1) is 18.2. The van der Waals surface area contributed by atoms with Crippen LogP contribution in [0.1, 0.15) is 13.8 Å². The van der Waals surface area contributed by atoms with Gasteiger partial charge in [0.05, 0.1) is 10.4 Å². The highest BCUT2D eigenvalue weighted by molar-refractivity contribution is 7.89. The van der Waals surface area contributed by atoms with Crippen LogP contribution in [0.2, 0.25) is 5.02 Å². The fourth-order valence-electron chi connectivity index (χ4n) is 1.34. The Morgan fingerprint density at radius 3 is 2.38 bits per heavy atom. The molecule has 0 spiro atoms. The summed E-state index contributed by atoms with van der Waals surface area (Å²) in [4.78, 5) is 12.0. The van der Waals surface area contributed by atoms with E-state index in [1.165, 1.54) is 26.2 Å². The number of amides is 1. The molecule has 0 aliphatic carbocycles. The van der Waals surface area contributed by atoms with E-state index in [-0.39, 0.29) is 21.7 Å². The van der Waals surface area contributed by atoms with Gasteiger partial charge >= 0.3 is 0 Å². The van der Waals surface area contributed by atoms with Gasteiger partial charge in [-0.05, 0) is 32.0 Å². The van der Waals surface area contributed by atoms with Gasteiger partial charge in [0.2, 0.25) is 15.9 Å². The van der Waals surface area contributed by atoms with Crippen molar-refractivity contribution in [2.24, 2.45) is 5.41 Å². The maximum Gasteiger partial charge on any atom is 0.244 e. The van der Waals surface area contributed by atoms with E-state index in [1.54, 1.807) is 19.9 Å². The van der Waals surface area contributed by atoms with Gasteiger partial charge in [0.25, 0.3) is 0 Å². The van der Waals surface area contributed by atoms with Crippen molar-refractivity contribution in [3.63, 3.8) is 0 Å².